The van der Waals surface area contributed by atoms with Crippen LogP contribution in [0.15, 0.2) is 16.9 Å². The van der Waals surface area contributed by atoms with Crippen LogP contribution in [0.1, 0.15) is 35.9 Å². The maximum atomic E-state index is 12.3. The lowest BCUT2D eigenvalue weighted by atomic mass is 9.73. The molecule has 4 heterocycles. The zero-order valence-electron chi connectivity index (χ0n) is 16.9. The molecule has 10 heteroatoms. The van der Waals surface area contributed by atoms with Crippen molar-refractivity contribution in [1.82, 2.24) is 15.0 Å². The Bertz CT molecular complexity index is 996. The number of piperidine rings is 1. The second kappa shape index (κ2) is 8.03. The number of halogens is 2. The highest BCUT2D eigenvalue weighted by Gasteiger charge is 2.47. The van der Waals surface area contributed by atoms with Gasteiger partial charge >= 0.3 is 0 Å². The number of hydrogen-bond acceptors (Lipinski definition) is 7. The fourth-order valence-corrected chi connectivity index (χ4v) is 4.97. The lowest BCUT2D eigenvalue weighted by molar-refractivity contribution is 0.0973. The molecule has 0 unspecified atom stereocenters. The molecule has 0 aromatic carbocycles. The summed E-state index contributed by atoms with van der Waals surface area (Å²) in [6, 6.07) is 1.75. The van der Waals surface area contributed by atoms with Gasteiger partial charge in [0.05, 0.1) is 23.4 Å². The van der Waals surface area contributed by atoms with E-state index in [0.29, 0.717) is 39.0 Å². The van der Waals surface area contributed by atoms with E-state index < -0.39 is 5.91 Å². The third kappa shape index (κ3) is 3.57. The number of primary amides is 1. The topological polar surface area (TPSA) is 120 Å². The molecule has 0 radical (unpaired) electrons. The largest absolute Gasteiger partial charge is 0.376 e. The first-order chi connectivity index (χ1) is 14.2. The van der Waals surface area contributed by atoms with Crippen LogP contribution >= 0.6 is 27.5 Å². The highest BCUT2D eigenvalue weighted by atomic mass is 79.9. The van der Waals surface area contributed by atoms with Crippen LogP contribution < -0.4 is 16.4 Å². The number of carbonyl (C=O) groups excluding carboxylic acids is 1. The molecule has 30 heavy (non-hydrogen) atoms. The highest BCUT2D eigenvalue weighted by Crippen LogP contribution is 2.42. The second-order valence-corrected chi connectivity index (χ2v) is 9.18. The normalized spacial score (nSPS) is 23.2. The molecule has 0 bridgehead atoms. The van der Waals surface area contributed by atoms with Crippen molar-refractivity contribution in [3.05, 3.63) is 33.3 Å². The molecule has 2 fully saturated rings. The van der Waals surface area contributed by atoms with Gasteiger partial charge in [0.2, 0.25) is 5.95 Å². The maximum Gasteiger partial charge on any atom is 0.268 e. The van der Waals surface area contributed by atoms with Crippen molar-refractivity contribution in [2.75, 3.05) is 24.6 Å². The number of nitrogens with two attached hydrogens (primary N) is 2. The van der Waals surface area contributed by atoms with Gasteiger partial charge < -0.3 is 21.1 Å². The van der Waals surface area contributed by atoms with Gasteiger partial charge in [-0.25, -0.2) is 15.0 Å². The van der Waals surface area contributed by atoms with Gasteiger partial charge in [-0.1, -0.05) is 11.6 Å². The number of carbonyl (C=O) groups is 1. The molecule has 1 spiro atoms. The SMILES string of the molecule is Cc1nc(N2CCC3(CC2)CO[C@@H](C)[C@H]3N)nc(C(N)=O)c1-c1ccnc(Br)c1Cl. The smallest absolute Gasteiger partial charge is 0.268 e. The lowest BCUT2D eigenvalue weighted by Crippen LogP contribution is -2.51. The summed E-state index contributed by atoms with van der Waals surface area (Å²) in [7, 11) is 0. The molecular formula is C20H24BrClN6O2. The quantitative estimate of drug-likeness (QED) is 0.628. The van der Waals surface area contributed by atoms with Gasteiger partial charge in [-0.2, -0.15) is 0 Å². The highest BCUT2D eigenvalue weighted by molar-refractivity contribution is 9.10. The molecule has 2 aliphatic heterocycles. The molecule has 4 rings (SSSR count). The van der Waals surface area contributed by atoms with Gasteiger partial charge in [0, 0.05) is 41.9 Å². The molecule has 2 aliphatic rings. The molecule has 4 N–H and O–H groups in total. The number of anilines is 1. The molecule has 2 aromatic heterocycles. The summed E-state index contributed by atoms with van der Waals surface area (Å²) < 4.78 is 6.28. The number of ether oxygens (including phenoxy) is 1. The van der Waals surface area contributed by atoms with Crippen LogP contribution in [0, 0.1) is 12.3 Å². The average molecular weight is 496 g/mol. The predicted octanol–water partition coefficient (Wildman–Crippen LogP) is 2.69. The fraction of sp³-hybridized carbons (Fsp3) is 0.500. The van der Waals surface area contributed by atoms with E-state index in [1.54, 1.807) is 12.3 Å². The first-order valence-corrected chi connectivity index (χ1v) is 11.0. The van der Waals surface area contributed by atoms with Gasteiger partial charge in [0.1, 0.15) is 10.3 Å². The summed E-state index contributed by atoms with van der Waals surface area (Å²) in [6.07, 6.45) is 3.44. The van der Waals surface area contributed by atoms with Crippen molar-refractivity contribution in [3.63, 3.8) is 0 Å². The molecule has 2 atom stereocenters. The van der Waals surface area contributed by atoms with Crippen molar-refractivity contribution in [1.29, 1.82) is 0 Å². The van der Waals surface area contributed by atoms with Crippen molar-refractivity contribution >= 4 is 39.4 Å². The Morgan fingerprint density at radius 1 is 1.37 bits per heavy atom. The predicted molar refractivity (Wildman–Crippen MR) is 118 cm³/mol. The molecular weight excluding hydrogens is 472 g/mol. The van der Waals surface area contributed by atoms with Gasteiger partial charge in [0.15, 0.2) is 0 Å². The Kier molecular flexibility index (Phi) is 5.73. The Morgan fingerprint density at radius 2 is 2.07 bits per heavy atom. The standard InChI is InChI=1S/C20H24BrClN6O2/c1-10-13(12-3-6-25-17(21)14(12)22)15(18(24)29)27-19(26-10)28-7-4-20(5-8-28)9-30-11(2)16(20)23/h3,6,11,16H,4-5,7-9,23H2,1-2H3,(H2,24,29)/t11-,16+/m0/s1. The molecule has 2 saturated heterocycles. The third-order valence-corrected chi connectivity index (χ3v) is 7.53. The molecule has 2 aromatic rings. The van der Waals surface area contributed by atoms with Crippen LogP contribution in [0.5, 0.6) is 0 Å². The maximum absolute atomic E-state index is 12.3. The first-order valence-electron chi connectivity index (χ1n) is 9.84. The molecule has 0 aliphatic carbocycles. The van der Waals surface area contributed by atoms with E-state index in [1.807, 2.05) is 13.8 Å². The van der Waals surface area contributed by atoms with E-state index >= 15 is 0 Å². The Hall–Kier alpha value is -1.81. The van der Waals surface area contributed by atoms with E-state index in [-0.39, 0.29) is 23.3 Å². The van der Waals surface area contributed by atoms with Crippen molar-refractivity contribution in [2.45, 2.75) is 38.8 Å². The van der Waals surface area contributed by atoms with Crippen LogP contribution in [-0.2, 0) is 4.74 Å². The zero-order chi connectivity index (χ0) is 21.6. The van der Waals surface area contributed by atoms with Crippen LogP contribution in [0.25, 0.3) is 11.1 Å². The van der Waals surface area contributed by atoms with Crippen molar-refractivity contribution in [3.8, 4) is 11.1 Å². The van der Waals surface area contributed by atoms with Gasteiger partial charge in [-0.3, -0.25) is 4.79 Å². The number of hydrogen-bond donors (Lipinski definition) is 2. The van der Waals surface area contributed by atoms with Crippen LogP contribution in [0.4, 0.5) is 5.95 Å². The minimum atomic E-state index is -0.630. The number of amides is 1. The average Bonchev–Trinajstić information content (AvgIpc) is 2.99. The summed E-state index contributed by atoms with van der Waals surface area (Å²) >= 11 is 9.72. The summed E-state index contributed by atoms with van der Waals surface area (Å²) in [6.45, 7) is 6.01. The van der Waals surface area contributed by atoms with Crippen LogP contribution in [-0.4, -0.2) is 52.7 Å². The van der Waals surface area contributed by atoms with Crippen molar-refractivity contribution < 1.29 is 9.53 Å². The monoisotopic (exact) mass is 494 g/mol. The third-order valence-electron chi connectivity index (χ3n) is 6.32. The molecule has 8 nitrogen and oxygen atoms in total. The zero-order valence-corrected chi connectivity index (χ0v) is 19.2. The summed E-state index contributed by atoms with van der Waals surface area (Å²) in [4.78, 5) is 27.7. The summed E-state index contributed by atoms with van der Waals surface area (Å²) in [5.74, 6) is -0.140. The minimum absolute atomic E-state index is 0.00569. The lowest BCUT2D eigenvalue weighted by Gasteiger charge is -2.41. The second-order valence-electron chi connectivity index (χ2n) is 8.05. The van der Waals surface area contributed by atoms with E-state index in [1.165, 1.54) is 0 Å². The summed E-state index contributed by atoms with van der Waals surface area (Å²) in [5.41, 5.74) is 14.0. The fourth-order valence-electron chi connectivity index (χ4n) is 4.44. The Balaban J connectivity index is 1.67. The number of rotatable bonds is 3. The van der Waals surface area contributed by atoms with Gasteiger partial charge in [-0.05, 0) is 48.7 Å². The van der Waals surface area contributed by atoms with E-state index in [9.17, 15) is 4.79 Å². The summed E-state index contributed by atoms with van der Waals surface area (Å²) in [5, 5.41) is 0.378. The molecule has 0 saturated carbocycles. The van der Waals surface area contributed by atoms with E-state index in [4.69, 9.17) is 27.8 Å². The Labute approximate surface area is 188 Å². The minimum Gasteiger partial charge on any atom is -0.376 e. The molecule has 1 amide bonds. The number of pyridine rings is 1. The van der Waals surface area contributed by atoms with Gasteiger partial charge in [0.25, 0.3) is 5.91 Å². The number of nitrogens with zero attached hydrogens (tertiary/aromatic N) is 4. The van der Waals surface area contributed by atoms with E-state index in [2.05, 4.69) is 35.8 Å². The van der Waals surface area contributed by atoms with Crippen LogP contribution in [0.3, 0.4) is 0 Å². The van der Waals surface area contributed by atoms with Crippen molar-refractivity contribution in [2.24, 2.45) is 16.9 Å². The van der Waals surface area contributed by atoms with Crippen LogP contribution in [0.2, 0.25) is 5.02 Å². The Morgan fingerprint density at radius 3 is 2.67 bits per heavy atom. The first kappa shape index (κ1) is 21.4. The van der Waals surface area contributed by atoms with E-state index in [0.717, 1.165) is 25.9 Å². The van der Waals surface area contributed by atoms with Gasteiger partial charge in [-0.15, -0.1) is 0 Å². The number of aromatic nitrogens is 3. The number of aryl methyl sites for hydroxylation is 1. The molecule has 160 valence electrons.